The first-order valence-electron chi connectivity index (χ1n) is 6.82. The van der Waals surface area contributed by atoms with Gasteiger partial charge in [-0.15, -0.1) is 0 Å². The van der Waals surface area contributed by atoms with Gasteiger partial charge in [0, 0.05) is 19.7 Å². The molecule has 1 rings (SSSR count). The minimum absolute atomic E-state index is 0.0650. The molecule has 1 aromatic carbocycles. The van der Waals surface area contributed by atoms with Gasteiger partial charge in [-0.1, -0.05) is 6.92 Å². The van der Waals surface area contributed by atoms with Gasteiger partial charge in [0.1, 0.15) is 0 Å². The highest BCUT2D eigenvalue weighted by Gasteiger charge is 2.17. The van der Waals surface area contributed by atoms with E-state index in [4.69, 9.17) is 0 Å². The minimum atomic E-state index is -0.327. The van der Waals surface area contributed by atoms with Crippen LogP contribution in [0.25, 0.3) is 0 Å². The first-order valence-corrected chi connectivity index (χ1v) is 6.82. The van der Waals surface area contributed by atoms with Crippen LogP contribution < -0.4 is 0 Å². The molecule has 0 aliphatic carbocycles. The highest BCUT2D eigenvalue weighted by atomic mass is 16.3. The largest absolute Gasteiger partial charge is 0.504 e. The summed E-state index contributed by atoms with van der Waals surface area (Å²) in [7, 11) is 3.35. The molecular weight excluding hydrogens is 272 g/mol. The third-order valence-electron chi connectivity index (χ3n) is 3.06. The van der Waals surface area contributed by atoms with Gasteiger partial charge in [-0.2, -0.15) is 0 Å². The van der Waals surface area contributed by atoms with Gasteiger partial charge in [-0.3, -0.25) is 14.5 Å². The quantitative estimate of drug-likeness (QED) is 0.581. The Balaban J connectivity index is 2.75. The molecule has 0 fully saturated rings. The van der Waals surface area contributed by atoms with E-state index in [1.807, 2.05) is 6.92 Å². The number of phenolic OH excluding ortho intramolecular Hbond substituents is 2. The Labute approximate surface area is 124 Å². The van der Waals surface area contributed by atoms with Crippen molar-refractivity contribution in [1.29, 1.82) is 0 Å². The van der Waals surface area contributed by atoms with Crippen LogP contribution in [0.5, 0.6) is 11.5 Å². The standard InChI is InChI=1S/C15H22N2O4/c1-4-7-17(10-15(21)16(2)3)9-14(20)11-5-6-12(18)13(19)8-11/h5-6,8,18-19H,4,7,9-10H2,1-3H3. The summed E-state index contributed by atoms with van der Waals surface area (Å²) in [6.07, 6.45) is 0.828. The normalized spacial score (nSPS) is 10.7. The summed E-state index contributed by atoms with van der Waals surface area (Å²) in [5, 5.41) is 18.7. The van der Waals surface area contributed by atoms with E-state index in [2.05, 4.69) is 0 Å². The van der Waals surface area contributed by atoms with Gasteiger partial charge in [0.2, 0.25) is 5.91 Å². The van der Waals surface area contributed by atoms with Crippen LogP contribution in [0.3, 0.4) is 0 Å². The van der Waals surface area contributed by atoms with Crippen LogP contribution in [0.1, 0.15) is 23.7 Å². The van der Waals surface area contributed by atoms with Gasteiger partial charge in [-0.25, -0.2) is 0 Å². The van der Waals surface area contributed by atoms with Crippen molar-refractivity contribution in [1.82, 2.24) is 9.80 Å². The molecule has 0 aliphatic rings. The number of phenols is 2. The fourth-order valence-corrected chi connectivity index (χ4v) is 1.85. The molecule has 0 atom stereocenters. The zero-order valence-corrected chi connectivity index (χ0v) is 12.7. The number of likely N-dealkylation sites (N-methyl/N-ethyl adjacent to an activating group) is 1. The van der Waals surface area contributed by atoms with E-state index in [9.17, 15) is 19.8 Å². The molecule has 0 bridgehead atoms. The first-order chi connectivity index (χ1) is 9.85. The second-order valence-corrected chi connectivity index (χ2v) is 5.13. The van der Waals surface area contributed by atoms with Crippen molar-refractivity contribution >= 4 is 11.7 Å². The van der Waals surface area contributed by atoms with Crippen LogP contribution in [0.4, 0.5) is 0 Å². The molecular formula is C15H22N2O4. The summed E-state index contributed by atoms with van der Waals surface area (Å²) in [4.78, 5) is 27.2. The Morgan fingerprint density at radius 1 is 1.10 bits per heavy atom. The molecule has 1 amide bonds. The maximum Gasteiger partial charge on any atom is 0.236 e. The number of Topliss-reactive ketones (excluding diaryl/α,β-unsaturated/α-hetero) is 1. The van der Waals surface area contributed by atoms with E-state index in [1.54, 1.807) is 19.0 Å². The molecule has 0 saturated carbocycles. The van der Waals surface area contributed by atoms with E-state index < -0.39 is 0 Å². The third-order valence-corrected chi connectivity index (χ3v) is 3.06. The lowest BCUT2D eigenvalue weighted by Gasteiger charge is -2.22. The molecule has 2 N–H and O–H groups in total. The number of rotatable bonds is 7. The van der Waals surface area contributed by atoms with Crippen LogP contribution in [0, 0.1) is 0 Å². The average Bonchev–Trinajstić information content (AvgIpc) is 2.41. The third kappa shape index (κ3) is 5.07. The Hall–Kier alpha value is -2.08. The number of benzene rings is 1. The Kier molecular flexibility index (Phi) is 6.17. The van der Waals surface area contributed by atoms with Crippen LogP contribution in [0.15, 0.2) is 18.2 Å². The van der Waals surface area contributed by atoms with E-state index in [1.165, 1.54) is 23.1 Å². The maximum absolute atomic E-state index is 12.2. The molecule has 0 spiro atoms. The number of amides is 1. The van der Waals surface area contributed by atoms with Gasteiger partial charge >= 0.3 is 0 Å². The van der Waals surface area contributed by atoms with Crippen LogP contribution in [-0.4, -0.2) is 65.4 Å². The zero-order chi connectivity index (χ0) is 16.0. The number of nitrogens with zero attached hydrogens (tertiary/aromatic N) is 2. The SMILES string of the molecule is CCCN(CC(=O)c1ccc(O)c(O)c1)CC(=O)N(C)C. The first kappa shape index (κ1) is 17.0. The molecule has 0 unspecified atom stereocenters. The van der Waals surface area contributed by atoms with Crippen molar-refractivity contribution in [3.05, 3.63) is 23.8 Å². The maximum atomic E-state index is 12.2. The van der Waals surface area contributed by atoms with E-state index in [-0.39, 0.29) is 36.3 Å². The molecule has 1 aromatic rings. The Morgan fingerprint density at radius 3 is 2.29 bits per heavy atom. The van der Waals surface area contributed by atoms with Crippen LogP contribution >= 0.6 is 0 Å². The van der Waals surface area contributed by atoms with Gasteiger partial charge in [-0.05, 0) is 31.2 Å². The van der Waals surface area contributed by atoms with Crippen molar-refractivity contribution in [2.45, 2.75) is 13.3 Å². The van der Waals surface area contributed by atoms with Crippen molar-refractivity contribution in [2.75, 3.05) is 33.7 Å². The summed E-state index contributed by atoms with van der Waals surface area (Å²) >= 11 is 0. The summed E-state index contributed by atoms with van der Waals surface area (Å²) in [6.45, 7) is 2.88. The van der Waals surface area contributed by atoms with Crippen LogP contribution in [-0.2, 0) is 4.79 Å². The van der Waals surface area contributed by atoms with Gasteiger partial charge in [0.15, 0.2) is 17.3 Å². The number of hydrogen-bond acceptors (Lipinski definition) is 5. The summed E-state index contributed by atoms with van der Waals surface area (Å²) in [5.74, 6) is -0.859. The predicted octanol–water partition coefficient (Wildman–Crippen LogP) is 1.08. The second kappa shape index (κ2) is 7.64. The predicted molar refractivity (Wildman–Crippen MR) is 79.5 cm³/mol. The zero-order valence-electron chi connectivity index (χ0n) is 12.7. The number of hydrogen-bond donors (Lipinski definition) is 2. The number of carbonyl (C=O) groups is 2. The van der Waals surface area contributed by atoms with Gasteiger partial charge < -0.3 is 15.1 Å². The fourth-order valence-electron chi connectivity index (χ4n) is 1.85. The summed E-state index contributed by atoms with van der Waals surface area (Å²) in [5.41, 5.74) is 0.309. The number of carbonyl (C=O) groups excluding carboxylic acids is 2. The van der Waals surface area contributed by atoms with E-state index >= 15 is 0 Å². The molecule has 116 valence electrons. The second-order valence-electron chi connectivity index (χ2n) is 5.13. The smallest absolute Gasteiger partial charge is 0.236 e. The lowest BCUT2D eigenvalue weighted by atomic mass is 10.1. The lowest BCUT2D eigenvalue weighted by Crippen LogP contribution is -2.39. The molecule has 0 radical (unpaired) electrons. The molecule has 0 aliphatic heterocycles. The summed E-state index contributed by atoms with van der Waals surface area (Å²) < 4.78 is 0. The molecule has 21 heavy (non-hydrogen) atoms. The molecule has 6 nitrogen and oxygen atoms in total. The molecule has 0 aromatic heterocycles. The van der Waals surface area contributed by atoms with E-state index in [0.717, 1.165) is 6.42 Å². The molecule has 0 saturated heterocycles. The van der Waals surface area contributed by atoms with E-state index in [0.29, 0.717) is 12.1 Å². The van der Waals surface area contributed by atoms with Crippen molar-refractivity contribution in [3.63, 3.8) is 0 Å². The highest BCUT2D eigenvalue weighted by Crippen LogP contribution is 2.25. The molecule has 0 heterocycles. The van der Waals surface area contributed by atoms with Gasteiger partial charge in [0.25, 0.3) is 0 Å². The van der Waals surface area contributed by atoms with Crippen molar-refractivity contribution < 1.29 is 19.8 Å². The van der Waals surface area contributed by atoms with Gasteiger partial charge in [0.05, 0.1) is 13.1 Å². The number of aromatic hydroxyl groups is 2. The average molecular weight is 294 g/mol. The monoisotopic (exact) mass is 294 g/mol. The van der Waals surface area contributed by atoms with Crippen molar-refractivity contribution in [3.8, 4) is 11.5 Å². The Bertz CT molecular complexity index is 514. The topological polar surface area (TPSA) is 81.1 Å². The highest BCUT2D eigenvalue weighted by molar-refractivity contribution is 5.98. The number of ketones is 1. The molecule has 6 heteroatoms. The lowest BCUT2D eigenvalue weighted by molar-refractivity contribution is -0.129. The van der Waals surface area contributed by atoms with Crippen LogP contribution in [0.2, 0.25) is 0 Å². The summed E-state index contributed by atoms with van der Waals surface area (Å²) in [6, 6.07) is 3.96. The van der Waals surface area contributed by atoms with Crippen molar-refractivity contribution in [2.24, 2.45) is 0 Å². The minimum Gasteiger partial charge on any atom is -0.504 e. The Morgan fingerprint density at radius 2 is 1.76 bits per heavy atom. The fraction of sp³-hybridized carbons (Fsp3) is 0.467.